The number of rotatable bonds is 4. The second-order valence-corrected chi connectivity index (χ2v) is 11.6. The molecule has 186 valence electrons. The number of nitrogens with one attached hydrogen (secondary N) is 1. The maximum Gasteiger partial charge on any atom is 0.168 e. The highest BCUT2D eigenvalue weighted by molar-refractivity contribution is 6.15. The smallest absolute Gasteiger partial charge is 0.168 e. The topological polar surface area (TPSA) is 75.7 Å². The van der Waals surface area contributed by atoms with Crippen LogP contribution in [0.4, 0.5) is 0 Å². The summed E-state index contributed by atoms with van der Waals surface area (Å²) in [5.74, 6) is 0. The van der Waals surface area contributed by atoms with Gasteiger partial charge >= 0.3 is 0 Å². The summed E-state index contributed by atoms with van der Waals surface area (Å²) in [6, 6.07) is 19.9. The van der Waals surface area contributed by atoms with E-state index in [4.69, 9.17) is 0 Å². The van der Waals surface area contributed by atoms with Gasteiger partial charge in [-0.3, -0.25) is 9.59 Å². The summed E-state index contributed by atoms with van der Waals surface area (Å²) in [5.41, 5.74) is 8.24. The molecule has 5 nitrogen and oxygen atoms in total. The first kappa shape index (κ1) is 24.6. The number of carbonyl (C=O) groups excluding carboxylic acids is 2. The molecular weight excluding hydrogens is 458 g/mol. The summed E-state index contributed by atoms with van der Waals surface area (Å²) in [4.78, 5) is 35.9. The van der Waals surface area contributed by atoms with Crippen LogP contribution in [-0.4, -0.2) is 27.5 Å². The average molecular weight is 490 g/mol. The van der Waals surface area contributed by atoms with Crippen molar-refractivity contribution in [2.24, 2.45) is 0 Å². The Morgan fingerprint density at radius 3 is 1.38 bits per heavy atom. The molecule has 0 saturated carbocycles. The number of aromatic nitrogens is 3. The van der Waals surface area contributed by atoms with Crippen LogP contribution in [0.2, 0.25) is 0 Å². The number of fused-ring (bicyclic) bond motifs is 3. The maximum atomic E-state index is 11.5. The fourth-order valence-corrected chi connectivity index (χ4v) is 4.71. The third kappa shape index (κ3) is 4.46. The Bertz CT molecular complexity index is 1560. The fraction of sp³-hybridized carbons (Fsp3) is 0.250. The van der Waals surface area contributed by atoms with Gasteiger partial charge in [-0.1, -0.05) is 53.7 Å². The zero-order chi connectivity index (χ0) is 26.5. The van der Waals surface area contributed by atoms with Crippen LogP contribution in [0.3, 0.4) is 0 Å². The van der Waals surface area contributed by atoms with Gasteiger partial charge in [-0.2, -0.15) is 0 Å². The highest BCUT2D eigenvalue weighted by atomic mass is 16.1. The second-order valence-electron chi connectivity index (χ2n) is 11.6. The van der Waals surface area contributed by atoms with E-state index >= 15 is 0 Å². The van der Waals surface area contributed by atoms with Crippen molar-refractivity contribution in [3.63, 3.8) is 0 Å². The normalized spacial score (nSPS) is 12.3. The lowest BCUT2D eigenvalue weighted by Gasteiger charge is -2.21. The summed E-state index contributed by atoms with van der Waals surface area (Å²) < 4.78 is 0. The lowest BCUT2D eigenvalue weighted by atomic mass is 9.83. The first-order valence-electron chi connectivity index (χ1n) is 12.5. The van der Waals surface area contributed by atoms with E-state index in [9.17, 15) is 9.59 Å². The number of nitrogens with zero attached hydrogens (tertiary/aromatic N) is 2. The van der Waals surface area contributed by atoms with Gasteiger partial charge in [0.1, 0.15) is 11.4 Å². The van der Waals surface area contributed by atoms with Gasteiger partial charge in [-0.05, 0) is 70.5 Å². The summed E-state index contributed by atoms with van der Waals surface area (Å²) >= 11 is 0. The van der Waals surface area contributed by atoms with Crippen molar-refractivity contribution in [2.45, 2.75) is 52.4 Å². The van der Waals surface area contributed by atoms with Gasteiger partial charge in [0.15, 0.2) is 12.6 Å². The lowest BCUT2D eigenvalue weighted by molar-refractivity contribution is 0.111. The van der Waals surface area contributed by atoms with Crippen LogP contribution in [-0.2, 0) is 10.8 Å². The van der Waals surface area contributed by atoms with Crippen LogP contribution in [0.5, 0.6) is 0 Å². The molecule has 0 aliphatic heterocycles. The third-order valence-corrected chi connectivity index (χ3v) is 6.88. The molecular formula is C32H31N3O2. The molecule has 0 radical (unpaired) electrons. The van der Waals surface area contributed by atoms with Gasteiger partial charge in [0.25, 0.3) is 0 Å². The lowest BCUT2D eigenvalue weighted by Crippen LogP contribution is -2.11. The largest absolute Gasteiger partial charge is 0.353 e. The molecule has 5 rings (SSSR count). The molecule has 0 fully saturated rings. The zero-order valence-electron chi connectivity index (χ0n) is 22.1. The van der Waals surface area contributed by atoms with E-state index in [1.54, 1.807) is 12.1 Å². The van der Waals surface area contributed by atoms with Crippen LogP contribution >= 0.6 is 0 Å². The zero-order valence-corrected chi connectivity index (χ0v) is 22.1. The van der Waals surface area contributed by atoms with Crippen molar-refractivity contribution in [3.05, 3.63) is 83.2 Å². The highest BCUT2D eigenvalue weighted by Crippen LogP contribution is 2.41. The maximum absolute atomic E-state index is 11.5. The molecule has 0 aliphatic carbocycles. The number of carbonyl (C=O) groups is 2. The van der Waals surface area contributed by atoms with Gasteiger partial charge in [0, 0.05) is 21.9 Å². The van der Waals surface area contributed by atoms with Crippen molar-refractivity contribution >= 4 is 34.4 Å². The summed E-state index contributed by atoms with van der Waals surface area (Å²) in [7, 11) is 0. The van der Waals surface area contributed by atoms with Gasteiger partial charge < -0.3 is 4.98 Å². The van der Waals surface area contributed by atoms with Gasteiger partial charge in [0.2, 0.25) is 0 Å². The number of benzene rings is 2. The van der Waals surface area contributed by atoms with Gasteiger partial charge in [-0.25, -0.2) is 9.97 Å². The minimum Gasteiger partial charge on any atom is -0.353 e. The molecule has 3 aromatic heterocycles. The Balaban J connectivity index is 1.94. The van der Waals surface area contributed by atoms with E-state index < -0.39 is 0 Å². The second kappa shape index (κ2) is 8.77. The van der Waals surface area contributed by atoms with Gasteiger partial charge in [-0.15, -0.1) is 0 Å². The first-order valence-corrected chi connectivity index (χ1v) is 12.5. The Kier molecular flexibility index (Phi) is 5.82. The summed E-state index contributed by atoms with van der Waals surface area (Å²) in [6.45, 7) is 13.2. The SMILES string of the molecule is CC(C)(C)c1cc(-c2cccc(C=O)n2)c2[nH]c3c(-c4cccc(C=O)n4)cc(C(C)(C)C)cc3c2c1. The van der Waals surface area contributed by atoms with E-state index in [0.29, 0.717) is 11.4 Å². The molecule has 0 atom stereocenters. The van der Waals surface area contributed by atoms with E-state index in [1.165, 1.54) is 11.1 Å². The quantitative estimate of drug-likeness (QED) is 0.263. The van der Waals surface area contributed by atoms with Crippen LogP contribution in [0.25, 0.3) is 44.3 Å². The minimum atomic E-state index is -0.0981. The predicted molar refractivity (Wildman–Crippen MR) is 150 cm³/mol. The molecule has 0 unspecified atom stereocenters. The Labute approximate surface area is 217 Å². The Morgan fingerprint density at radius 1 is 0.622 bits per heavy atom. The molecule has 0 saturated heterocycles. The van der Waals surface area contributed by atoms with E-state index in [-0.39, 0.29) is 10.8 Å². The number of aromatic amines is 1. The van der Waals surface area contributed by atoms with Crippen LogP contribution in [0, 0.1) is 0 Å². The number of hydrogen-bond donors (Lipinski definition) is 1. The third-order valence-electron chi connectivity index (χ3n) is 6.88. The molecule has 0 amide bonds. The van der Waals surface area contributed by atoms with Crippen molar-refractivity contribution in [3.8, 4) is 22.5 Å². The molecule has 0 bridgehead atoms. The molecule has 0 aliphatic rings. The standard InChI is InChI=1S/C32H31N3O2/c1-31(2,3)19-13-23-24-14-20(32(4,5)6)16-26(28-12-8-10-22(18-37)34-28)30(24)35-29(23)25(15-19)27-11-7-9-21(17-36)33-27/h7-18,35H,1-6H3. The summed E-state index contributed by atoms with van der Waals surface area (Å²) in [6.07, 6.45) is 1.55. The number of aldehydes is 2. The van der Waals surface area contributed by atoms with Crippen molar-refractivity contribution in [1.29, 1.82) is 0 Å². The van der Waals surface area contributed by atoms with Crippen LogP contribution < -0.4 is 0 Å². The Hall–Kier alpha value is -4.12. The summed E-state index contributed by atoms with van der Waals surface area (Å²) in [5, 5.41) is 2.18. The Morgan fingerprint density at radius 2 is 1.03 bits per heavy atom. The van der Waals surface area contributed by atoms with E-state index in [1.807, 2.05) is 24.3 Å². The molecule has 37 heavy (non-hydrogen) atoms. The minimum absolute atomic E-state index is 0.0981. The van der Waals surface area contributed by atoms with E-state index in [0.717, 1.165) is 56.9 Å². The van der Waals surface area contributed by atoms with Crippen molar-refractivity contribution in [2.75, 3.05) is 0 Å². The number of H-pyrrole nitrogens is 1. The van der Waals surface area contributed by atoms with Crippen molar-refractivity contribution < 1.29 is 9.59 Å². The van der Waals surface area contributed by atoms with E-state index in [2.05, 4.69) is 80.8 Å². The van der Waals surface area contributed by atoms with Gasteiger partial charge in [0.05, 0.1) is 22.4 Å². The fourth-order valence-electron chi connectivity index (χ4n) is 4.71. The number of pyridine rings is 2. The van der Waals surface area contributed by atoms with Crippen molar-refractivity contribution in [1.82, 2.24) is 15.0 Å². The highest BCUT2D eigenvalue weighted by Gasteiger charge is 2.23. The molecule has 1 N–H and O–H groups in total. The predicted octanol–water partition coefficient (Wildman–Crippen LogP) is 7.67. The molecule has 5 heteroatoms. The monoisotopic (exact) mass is 489 g/mol. The first-order chi connectivity index (χ1) is 17.5. The molecule has 2 aromatic carbocycles. The van der Waals surface area contributed by atoms with Crippen LogP contribution in [0.15, 0.2) is 60.7 Å². The molecule has 3 heterocycles. The molecule has 5 aromatic rings. The average Bonchev–Trinajstić information content (AvgIpc) is 3.25. The number of hydrogen-bond acceptors (Lipinski definition) is 4. The van der Waals surface area contributed by atoms with Crippen LogP contribution in [0.1, 0.15) is 73.6 Å². The molecule has 0 spiro atoms.